The van der Waals surface area contributed by atoms with Gasteiger partial charge in [0, 0.05) is 17.5 Å². The van der Waals surface area contributed by atoms with Crippen molar-refractivity contribution in [2.45, 2.75) is 12.3 Å². The molecule has 1 atom stereocenters. The summed E-state index contributed by atoms with van der Waals surface area (Å²) in [7, 11) is 0. The first-order chi connectivity index (χ1) is 11.3. The van der Waals surface area contributed by atoms with Crippen molar-refractivity contribution in [3.63, 3.8) is 0 Å². The van der Waals surface area contributed by atoms with E-state index >= 15 is 0 Å². The number of hydrogen-bond acceptors (Lipinski definition) is 6. The number of ether oxygens (including phenoxy) is 5. The van der Waals surface area contributed by atoms with Gasteiger partial charge in [0.1, 0.15) is 5.75 Å². The molecule has 3 heterocycles. The second-order valence-electron chi connectivity index (χ2n) is 5.59. The highest BCUT2D eigenvalue weighted by Gasteiger charge is 2.32. The van der Waals surface area contributed by atoms with Gasteiger partial charge in [-0.1, -0.05) is 6.07 Å². The van der Waals surface area contributed by atoms with E-state index in [2.05, 4.69) is 0 Å². The molecule has 0 spiro atoms. The largest absolute Gasteiger partial charge is 0.454 e. The second-order valence-corrected chi connectivity index (χ2v) is 5.59. The Morgan fingerprint density at radius 1 is 0.783 bits per heavy atom. The predicted octanol–water partition coefficient (Wildman–Crippen LogP) is 2.58. The summed E-state index contributed by atoms with van der Waals surface area (Å²) in [5, 5.41) is 0. The fourth-order valence-electron chi connectivity index (χ4n) is 3.17. The van der Waals surface area contributed by atoms with Gasteiger partial charge in [0.2, 0.25) is 13.6 Å². The van der Waals surface area contributed by atoms with Crippen molar-refractivity contribution in [2.75, 3.05) is 13.6 Å². The van der Waals surface area contributed by atoms with E-state index < -0.39 is 0 Å². The van der Waals surface area contributed by atoms with E-state index in [0.29, 0.717) is 23.0 Å². The first kappa shape index (κ1) is 12.6. The van der Waals surface area contributed by atoms with E-state index in [4.69, 9.17) is 23.7 Å². The average Bonchev–Trinajstić information content (AvgIpc) is 3.19. The summed E-state index contributed by atoms with van der Waals surface area (Å²) in [4.78, 5) is 12.0. The Kier molecular flexibility index (Phi) is 2.50. The Morgan fingerprint density at radius 3 is 2.30 bits per heavy atom. The predicted molar refractivity (Wildman–Crippen MR) is 77.2 cm³/mol. The quantitative estimate of drug-likeness (QED) is 0.596. The van der Waals surface area contributed by atoms with Gasteiger partial charge in [-0.2, -0.15) is 0 Å². The monoisotopic (exact) mass is 312 g/mol. The summed E-state index contributed by atoms with van der Waals surface area (Å²) >= 11 is 0. The zero-order chi connectivity index (χ0) is 15.4. The highest BCUT2D eigenvalue weighted by atomic mass is 16.7. The molecule has 0 aliphatic carbocycles. The van der Waals surface area contributed by atoms with Gasteiger partial charge in [-0.15, -0.1) is 0 Å². The number of esters is 1. The maximum atomic E-state index is 12.0. The molecule has 0 bridgehead atoms. The maximum Gasteiger partial charge on any atom is 0.312 e. The summed E-state index contributed by atoms with van der Waals surface area (Å²) in [5.74, 6) is 2.83. The lowest BCUT2D eigenvalue weighted by Gasteiger charge is -2.25. The average molecular weight is 312 g/mol. The Bertz CT molecular complexity index is 828. The van der Waals surface area contributed by atoms with Crippen LogP contribution in [0.1, 0.15) is 23.5 Å². The van der Waals surface area contributed by atoms with E-state index in [-0.39, 0.29) is 31.9 Å². The van der Waals surface area contributed by atoms with E-state index in [0.717, 1.165) is 16.9 Å². The van der Waals surface area contributed by atoms with E-state index in [1.165, 1.54) is 0 Å². The molecule has 0 aromatic heterocycles. The number of fused-ring (bicyclic) bond motifs is 3. The molecule has 6 heteroatoms. The van der Waals surface area contributed by atoms with Gasteiger partial charge >= 0.3 is 5.97 Å². The van der Waals surface area contributed by atoms with Gasteiger partial charge in [0.15, 0.2) is 23.0 Å². The Labute approximate surface area is 131 Å². The fraction of sp³-hybridized carbons (Fsp3) is 0.235. The summed E-state index contributed by atoms with van der Waals surface area (Å²) < 4.78 is 26.9. The lowest BCUT2D eigenvalue weighted by Crippen LogP contribution is -2.20. The first-order valence-corrected chi connectivity index (χ1v) is 7.32. The van der Waals surface area contributed by atoms with Crippen LogP contribution in [0, 0.1) is 0 Å². The molecule has 0 fully saturated rings. The van der Waals surface area contributed by atoms with Crippen LogP contribution in [0.4, 0.5) is 0 Å². The van der Waals surface area contributed by atoms with Crippen LogP contribution in [0.3, 0.4) is 0 Å². The molecule has 0 saturated carbocycles. The van der Waals surface area contributed by atoms with Crippen LogP contribution >= 0.6 is 0 Å². The summed E-state index contributed by atoms with van der Waals surface area (Å²) in [6.45, 7) is 0.404. The lowest BCUT2D eigenvalue weighted by molar-refractivity contribution is -0.135. The van der Waals surface area contributed by atoms with Crippen molar-refractivity contribution >= 4 is 5.97 Å². The smallest absolute Gasteiger partial charge is 0.312 e. The molecular formula is C17H12O6. The molecule has 2 aromatic carbocycles. The number of carbonyl (C=O) groups is 1. The van der Waals surface area contributed by atoms with E-state index in [9.17, 15) is 4.79 Å². The molecule has 116 valence electrons. The van der Waals surface area contributed by atoms with Crippen molar-refractivity contribution < 1.29 is 28.5 Å². The van der Waals surface area contributed by atoms with Gasteiger partial charge in [-0.3, -0.25) is 4.79 Å². The highest BCUT2D eigenvalue weighted by molar-refractivity contribution is 5.78. The minimum absolute atomic E-state index is 0.116. The van der Waals surface area contributed by atoms with Crippen LogP contribution < -0.4 is 23.7 Å². The highest BCUT2D eigenvalue weighted by Crippen LogP contribution is 2.47. The van der Waals surface area contributed by atoms with Crippen molar-refractivity contribution in [3.05, 3.63) is 41.5 Å². The molecular weight excluding hydrogens is 300 g/mol. The zero-order valence-corrected chi connectivity index (χ0v) is 12.0. The normalized spacial score (nSPS) is 20.2. The van der Waals surface area contributed by atoms with Crippen LogP contribution in [0.5, 0.6) is 28.7 Å². The molecule has 3 aliphatic heterocycles. The summed E-state index contributed by atoms with van der Waals surface area (Å²) in [6, 6.07) is 9.34. The Morgan fingerprint density at radius 2 is 1.48 bits per heavy atom. The molecule has 23 heavy (non-hydrogen) atoms. The molecule has 0 radical (unpaired) electrons. The van der Waals surface area contributed by atoms with Crippen LogP contribution in [0.2, 0.25) is 0 Å². The lowest BCUT2D eigenvalue weighted by atomic mass is 9.86. The van der Waals surface area contributed by atoms with Crippen LogP contribution in [-0.4, -0.2) is 19.6 Å². The summed E-state index contributed by atoms with van der Waals surface area (Å²) in [5.41, 5.74) is 1.89. The van der Waals surface area contributed by atoms with E-state index in [1.807, 2.05) is 24.3 Å². The molecule has 2 aromatic rings. The Hall–Kier alpha value is -2.89. The van der Waals surface area contributed by atoms with Gasteiger partial charge < -0.3 is 23.7 Å². The SMILES string of the molecule is O=C1C[C@@H](c2ccc3c(c2)OCO3)c2cc3c(cc2O1)OCO3. The van der Waals surface area contributed by atoms with Gasteiger partial charge in [-0.05, 0) is 23.8 Å². The standard InChI is InChI=1S/C17H12O6/c18-17-5-10(9-1-2-12-14(3-9)20-7-19-12)11-4-15-16(22-8-21-15)6-13(11)23-17/h1-4,6,10H,5,7-8H2/t10-/m0/s1. The molecule has 5 rings (SSSR count). The van der Waals surface area contributed by atoms with Crippen LogP contribution in [0.15, 0.2) is 30.3 Å². The Balaban J connectivity index is 1.63. The third kappa shape index (κ3) is 1.91. The van der Waals surface area contributed by atoms with Crippen molar-refractivity contribution in [1.29, 1.82) is 0 Å². The fourth-order valence-corrected chi connectivity index (χ4v) is 3.17. The zero-order valence-electron chi connectivity index (χ0n) is 12.0. The summed E-state index contributed by atoms with van der Waals surface area (Å²) in [6.07, 6.45) is 0.270. The van der Waals surface area contributed by atoms with E-state index in [1.54, 1.807) is 6.07 Å². The number of carbonyl (C=O) groups excluding carboxylic acids is 1. The van der Waals surface area contributed by atoms with Crippen molar-refractivity contribution in [1.82, 2.24) is 0 Å². The topological polar surface area (TPSA) is 63.2 Å². The molecule has 0 amide bonds. The number of rotatable bonds is 1. The van der Waals surface area contributed by atoms with Gasteiger partial charge in [0.05, 0.1) is 6.42 Å². The molecule has 0 N–H and O–H groups in total. The molecule has 0 unspecified atom stereocenters. The minimum atomic E-state index is -0.265. The maximum absolute atomic E-state index is 12.0. The van der Waals surface area contributed by atoms with Crippen molar-refractivity contribution in [2.24, 2.45) is 0 Å². The third-order valence-corrected chi connectivity index (χ3v) is 4.27. The van der Waals surface area contributed by atoms with Gasteiger partial charge in [-0.25, -0.2) is 0 Å². The van der Waals surface area contributed by atoms with Crippen molar-refractivity contribution in [3.8, 4) is 28.7 Å². The first-order valence-electron chi connectivity index (χ1n) is 7.32. The van der Waals surface area contributed by atoms with Gasteiger partial charge in [0.25, 0.3) is 0 Å². The number of hydrogen-bond donors (Lipinski definition) is 0. The van der Waals surface area contributed by atoms with Crippen LogP contribution in [0.25, 0.3) is 0 Å². The third-order valence-electron chi connectivity index (χ3n) is 4.27. The molecule has 3 aliphatic rings. The number of benzene rings is 2. The molecule has 6 nitrogen and oxygen atoms in total. The van der Waals surface area contributed by atoms with Crippen LogP contribution in [-0.2, 0) is 4.79 Å². The molecule has 0 saturated heterocycles. The second kappa shape index (κ2) is 4.55. The minimum Gasteiger partial charge on any atom is -0.454 e.